The molecule has 2 rings (SSSR count). The Morgan fingerprint density at radius 1 is 0.893 bits per heavy atom. The van der Waals surface area contributed by atoms with Crippen LogP contribution in [0.2, 0.25) is 0 Å². The van der Waals surface area contributed by atoms with Crippen LogP contribution >= 0.6 is 0 Å². The maximum atomic E-state index is 13.5. The van der Waals surface area contributed by atoms with Gasteiger partial charge in [0.2, 0.25) is 5.78 Å². The van der Waals surface area contributed by atoms with Crippen LogP contribution in [0.3, 0.4) is 0 Å². The van der Waals surface area contributed by atoms with Gasteiger partial charge in [-0.15, -0.1) is 0 Å². The fraction of sp³-hybridized carbons (Fsp3) is 0.250. The van der Waals surface area contributed by atoms with Gasteiger partial charge in [-0.25, -0.2) is 9.59 Å². The Balaban J connectivity index is 2.83. The minimum atomic E-state index is -2.51. The molecule has 0 saturated heterocycles. The maximum absolute atomic E-state index is 13.5. The van der Waals surface area contributed by atoms with Crippen LogP contribution in [0.4, 0.5) is 5.69 Å². The number of carbonyl (C=O) groups excluding carboxylic acids is 3. The topological polar surface area (TPSA) is 113 Å². The number of hydrogen-bond donors (Lipinski definition) is 0. The number of nitrogens with zero attached hydrogens (tertiary/aromatic N) is 1. The summed E-state index contributed by atoms with van der Waals surface area (Å²) < 4.78 is 10.1. The molecule has 0 radical (unpaired) electrons. The number of Topliss-reactive ketones (excluding diaryl/α,β-unsaturated/α-hetero) is 1. The van der Waals surface area contributed by atoms with E-state index >= 15 is 0 Å². The summed E-state index contributed by atoms with van der Waals surface area (Å²) in [7, 11) is 0. The first kappa shape index (κ1) is 20.8. The number of hydrogen-bond acceptors (Lipinski definition) is 7. The number of nitro benzene ring substituents is 1. The van der Waals surface area contributed by atoms with E-state index in [1.807, 2.05) is 0 Å². The molecule has 0 atom stereocenters. The van der Waals surface area contributed by atoms with Gasteiger partial charge in [-0.3, -0.25) is 14.9 Å². The van der Waals surface area contributed by atoms with Crippen LogP contribution in [0, 0.1) is 10.1 Å². The molecule has 0 heterocycles. The third-order valence-corrected chi connectivity index (χ3v) is 4.06. The lowest BCUT2D eigenvalue weighted by Crippen LogP contribution is -2.52. The van der Waals surface area contributed by atoms with Crippen molar-refractivity contribution < 1.29 is 28.8 Å². The Labute approximate surface area is 161 Å². The van der Waals surface area contributed by atoms with Crippen LogP contribution in [-0.2, 0) is 24.5 Å². The molecule has 0 bridgehead atoms. The van der Waals surface area contributed by atoms with Crippen molar-refractivity contribution in [3.05, 3.63) is 75.8 Å². The number of rotatable bonds is 8. The van der Waals surface area contributed by atoms with E-state index in [0.717, 1.165) is 6.07 Å². The first-order valence-corrected chi connectivity index (χ1v) is 8.59. The van der Waals surface area contributed by atoms with Crippen molar-refractivity contribution in [2.45, 2.75) is 19.3 Å². The molecule has 0 spiro atoms. The molecule has 146 valence electrons. The van der Waals surface area contributed by atoms with E-state index in [2.05, 4.69) is 0 Å². The summed E-state index contributed by atoms with van der Waals surface area (Å²) in [6, 6.07) is 12.6. The van der Waals surface area contributed by atoms with Crippen molar-refractivity contribution in [2.24, 2.45) is 0 Å². The van der Waals surface area contributed by atoms with Gasteiger partial charge in [0.25, 0.3) is 11.1 Å². The Bertz CT molecular complexity index is 874. The molecule has 0 amide bonds. The molecule has 8 heteroatoms. The van der Waals surface area contributed by atoms with E-state index < -0.39 is 39.3 Å². The minimum Gasteiger partial charge on any atom is -0.465 e. The van der Waals surface area contributed by atoms with Gasteiger partial charge < -0.3 is 9.47 Å². The number of carbonyl (C=O) groups is 3. The van der Waals surface area contributed by atoms with E-state index in [4.69, 9.17) is 9.47 Å². The normalized spacial score (nSPS) is 10.8. The van der Waals surface area contributed by atoms with Crippen LogP contribution < -0.4 is 0 Å². The van der Waals surface area contributed by atoms with Gasteiger partial charge in [-0.1, -0.05) is 42.5 Å². The molecular weight excluding hydrogens is 366 g/mol. The number of nitro groups is 1. The Morgan fingerprint density at radius 2 is 1.39 bits per heavy atom. The van der Waals surface area contributed by atoms with Crippen LogP contribution in [0.5, 0.6) is 0 Å². The second-order valence-corrected chi connectivity index (χ2v) is 5.66. The maximum Gasteiger partial charge on any atom is 0.336 e. The molecule has 0 aliphatic carbocycles. The highest BCUT2D eigenvalue weighted by Crippen LogP contribution is 2.35. The largest absolute Gasteiger partial charge is 0.465 e. The first-order chi connectivity index (χ1) is 13.4. The lowest BCUT2D eigenvalue weighted by atomic mass is 9.74. The molecule has 0 N–H and O–H groups in total. The van der Waals surface area contributed by atoms with Crippen LogP contribution in [0.25, 0.3) is 0 Å². The summed E-state index contributed by atoms with van der Waals surface area (Å²) in [5.41, 5.74) is -3.42. The van der Waals surface area contributed by atoms with Crippen LogP contribution in [-0.4, -0.2) is 35.9 Å². The summed E-state index contributed by atoms with van der Waals surface area (Å²) in [4.78, 5) is 50.1. The van der Waals surface area contributed by atoms with E-state index in [9.17, 15) is 24.5 Å². The standard InChI is InChI=1S/C20H19NO7/c1-3-27-18(23)20(19(24)28-4-2,14-10-6-5-7-11-14)17(22)15-12-8-9-13-16(15)21(25)26/h5-13H,3-4H2,1-2H3. The molecule has 28 heavy (non-hydrogen) atoms. The number of para-hydroxylation sites is 1. The molecule has 0 aliphatic heterocycles. The van der Waals surface area contributed by atoms with Gasteiger partial charge >= 0.3 is 11.9 Å². The smallest absolute Gasteiger partial charge is 0.336 e. The highest BCUT2D eigenvalue weighted by atomic mass is 16.6. The fourth-order valence-electron chi connectivity index (χ4n) is 2.83. The minimum absolute atomic E-state index is 0.00931. The average molecular weight is 385 g/mol. The zero-order valence-electron chi connectivity index (χ0n) is 15.4. The van der Waals surface area contributed by atoms with Crippen molar-refractivity contribution in [2.75, 3.05) is 13.2 Å². The monoisotopic (exact) mass is 385 g/mol. The van der Waals surface area contributed by atoms with Crippen molar-refractivity contribution in [1.82, 2.24) is 0 Å². The molecule has 2 aromatic rings. The number of ether oxygens (including phenoxy) is 2. The Hall–Kier alpha value is -3.55. The predicted octanol–water partition coefficient (Wildman–Crippen LogP) is 2.84. The van der Waals surface area contributed by atoms with E-state index in [1.54, 1.807) is 6.07 Å². The second kappa shape index (κ2) is 8.90. The van der Waals surface area contributed by atoms with Gasteiger partial charge in [-0.2, -0.15) is 0 Å². The van der Waals surface area contributed by atoms with Gasteiger partial charge in [0.15, 0.2) is 0 Å². The van der Waals surface area contributed by atoms with Crippen LogP contribution in [0.15, 0.2) is 54.6 Å². The number of benzene rings is 2. The van der Waals surface area contributed by atoms with Crippen molar-refractivity contribution >= 4 is 23.4 Å². The second-order valence-electron chi connectivity index (χ2n) is 5.66. The molecule has 0 aliphatic rings. The zero-order chi connectivity index (χ0) is 20.7. The highest BCUT2D eigenvalue weighted by Gasteiger charge is 2.58. The van der Waals surface area contributed by atoms with Crippen molar-refractivity contribution in [3.8, 4) is 0 Å². The third kappa shape index (κ3) is 3.62. The SMILES string of the molecule is CCOC(=O)C(C(=O)OCC)(C(=O)c1ccccc1[N+](=O)[O-])c1ccccc1. The Kier molecular flexibility index (Phi) is 6.59. The molecule has 8 nitrogen and oxygen atoms in total. The van der Waals surface area contributed by atoms with E-state index in [1.165, 1.54) is 56.3 Å². The van der Waals surface area contributed by atoms with Gasteiger partial charge in [0.1, 0.15) is 0 Å². The molecule has 0 saturated carbocycles. The average Bonchev–Trinajstić information content (AvgIpc) is 2.69. The third-order valence-electron chi connectivity index (χ3n) is 4.06. The summed E-state index contributed by atoms with van der Waals surface area (Å²) in [6.45, 7) is 2.84. The first-order valence-electron chi connectivity index (χ1n) is 8.59. The molecule has 0 aromatic heterocycles. The van der Waals surface area contributed by atoms with E-state index in [-0.39, 0.29) is 18.8 Å². The van der Waals surface area contributed by atoms with Crippen LogP contribution in [0.1, 0.15) is 29.8 Å². The Morgan fingerprint density at radius 3 is 1.89 bits per heavy atom. The molecule has 0 unspecified atom stereocenters. The molecule has 2 aromatic carbocycles. The summed E-state index contributed by atoms with van der Waals surface area (Å²) >= 11 is 0. The lowest BCUT2D eigenvalue weighted by molar-refractivity contribution is -0.385. The van der Waals surface area contributed by atoms with Crippen molar-refractivity contribution in [1.29, 1.82) is 0 Å². The van der Waals surface area contributed by atoms with Crippen molar-refractivity contribution in [3.63, 3.8) is 0 Å². The molecular formula is C20H19NO7. The van der Waals surface area contributed by atoms with Gasteiger partial charge in [0, 0.05) is 6.07 Å². The predicted molar refractivity (Wildman–Crippen MR) is 98.8 cm³/mol. The van der Waals surface area contributed by atoms with Gasteiger partial charge in [0.05, 0.1) is 23.7 Å². The van der Waals surface area contributed by atoms with Gasteiger partial charge in [-0.05, 0) is 25.5 Å². The van der Waals surface area contributed by atoms with E-state index in [0.29, 0.717) is 0 Å². The molecule has 0 fully saturated rings. The lowest BCUT2D eigenvalue weighted by Gasteiger charge is -2.28. The zero-order valence-corrected chi connectivity index (χ0v) is 15.4. The fourth-order valence-corrected chi connectivity index (χ4v) is 2.83. The summed E-state index contributed by atoms with van der Waals surface area (Å²) in [6.07, 6.45) is 0. The highest BCUT2D eigenvalue weighted by molar-refractivity contribution is 6.31. The number of ketones is 1. The number of esters is 2. The summed E-state index contributed by atoms with van der Waals surface area (Å²) in [5.74, 6) is -3.38. The quantitative estimate of drug-likeness (QED) is 0.226. The summed E-state index contributed by atoms with van der Waals surface area (Å²) in [5, 5.41) is 11.4.